The van der Waals surface area contributed by atoms with E-state index in [9.17, 15) is 9.18 Å². The maximum Gasteiger partial charge on any atom is 0.410 e. The molecule has 172 valence electrons. The molecule has 2 bridgehead atoms. The molecule has 32 heavy (non-hydrogen) atoms. The van der Waals surface area contributed by atoms with E-state index in [4.69, 9.17) is 26.1 Å². The Morgan fingerprint density at radius 1 is 1.25 bits per heavy atom. The fourth-order valence-electron chi connectivity index (χ4n) is 4.83. The number of thioether (sulfide) groups is 1. The summed E-state index contributed by atoms with van der Waals surface area (Å²) in [6, 6.07) is -0.0863. The number of carbonyl (C=O) groups excluding carboxylic acids is 1. The fraction of sp³-hybridized carbons (Fsp3) is 0.619. The van der Waals surface area contributed by atoms with Crippen molar-refractivity contribution in [2.75, 3.05) is 30.9 Å². The molecule has 6 rings (SSSR count). The van der Waals surface area contributed by atoms with E-state index in [0.29, 0.717) is 36.1 Å². The minimum Gasteiger partial charge on any atom is -0.475 e. The van der Waals surface area contributed by atoms with Crippen molar-refractivity contribution in [2.45, 2.75) is 56.5 Å². The van der Waals surface area contributed by atoms with Gasteiger partial charge in [-0.05, 0) is 39.9 Å². The lowest BCUT2D eigenvalue weighted by Crippen LogP contribution is -2.49. The van der Waals surface area contributed by atoms with Crippen molar-refractivity contribution in [1.29, 1.82) is 0 Å². The summed E-state index contributed by atoms with van der Waals surface area (Å²) in [5.41, 5.74) is -0.459. The van der Waals surface area contributed by atoms with Gasteiger partial charge in [-0.15, -0.1) is 0 Å². The Labute approximate surface area is 194 Å². The van der Waals surface area contributed by atoms with Crippen LogP contribution in [-0.2, 0) is 4.74 Å². The zero-order valence-corrected chi connectivity index (χ0v) is 20.0. The van der Waals surface area contributed by atoms with E-state index in [1.54, 1.807) is 0 Å². The zero-order chi connectivity index (χ0) is 22.8. The van der Waals surface area contributed by atoms with Gasteiger partial charge in [-0.3, -0.25) is 0 Å². The van der Waals surface area contributed by atoms with E-state index < -0.39 is 11.4 Å². The van der Waals surface area contributed by atoms with Gasteiger partial charge in [0.2, 0.25) is 5.88 Å². The van der Waals surface area contributed by atoms with Crippen LogP contribution in [0.25, 0.3) is 10.9 Å². The quantitative estimate of drug-likeness (QED) is 0.341. The summed E-state index contributed by atoms with van der Waals surface area (Å²) in [5, 5.41) is 0.608. The van der Waals surface area contributed by atoms with E-state index >= 15 is 0 Å². The van der Waals surface area contributed by atoms with E-state index in [2.05, 4.69) is 14.9 Å². The number of pyridine rings is 1. The monoisotopic (exact) mass is 481 g/mol. The van der Waals surface area contributed by atoms with Crippen molar-refractivity contribution >= 4 is 46.2 Å². The topological polar surface area (TPSA) is 80.7 Å². The van der Waals surface area contributed by atoms with E-state index in [0.717, 1.165) is 12.8 Å². The number of rotatable bonds is 1. The van der Waals surface area contributed by atoms with Gasteiger partial charge in [-0.2, -0.15) is 4.98 Å². The van der Waals surface area contributed by atoms with E-state index in [1.165, 1.54) is 11.8 Å². The maximum atomic E-state index is 14.9. The van der Waals surface area contributed by atoms with E-state index in [-0.39, 0.29) is 40.6 Å². The van der Waals surface area contributed by atoms with Crippen molar-refractivity contribution in [1.82, 2.24) is 19.9 Å². The molecular weight excluding hydrogens is 457 g/mol. The van der Waals surface area contributed by atoms with Crippen LogP contribution in [0.3, 0.4) is 0 Å². The molecule has 2 aromatic heterocycles. The fourth-order valence-corrected chi connectivity index (χ4v) is 5.36. The van der Waals surface area contributed by atoms with E-state index in [1.807, 2.05) is 31.9 Å². The Balaban J connectivity index is 1.61. The summed E-state index contributed by atoms with van der Waals surface area (Å²) in [6.45, 7) is 7.07. The third kappa shape index (κ3) is 3.61. The highest BCUT2D eigenvalue weighted by molar-refractivity contribution is 7.98. The lowest BCUT2D eigenvalue weighted by atomic mass is 9.90. The lowest BCUT2D eigenvalue weighted by Gasteiger charge is -2.37. The predicted molar refractivity (Wildman–Crippen MR) is 120 cm³/mol. The number of anilines is 1. The summed E-state index contributed by atoms with van der Waals surface area (Å²) < 4.78 is 26.7. The molecule has 4 aliphatic heterocycles. The number of nitrogens with zero attached hydrogens (tertiary/aromatic N) is 5. The summed E-state index contributed by atoms with van der Waals surface area (Å²) in [5.74, 6) is 0.308. The molecule has 6 heterocycles. The van der Waals surface area contributed by atoms with Crippen molar-refractivity contribution in [3.8, 4) is 5.88 Å². The number of ether oxygens (including phenoxy) is 2. The van der Waals surface area contributed by atoms with Crippen LogP contribution in [0.2, 0.25) is 5.15 Å². The number of hydrogen-bond acceptors (Lipinski definition) is 8. The standard InChI is InChI=1S/C21H25ClFN5O3S/c1-21(2,3)31-20(29)27-7-10-5-6-11(27)8-28-12(10)9-30-18-13-15(14(23)16(22)25-18)24-19(32-4)26-17(13)28/h10-12H,5-9H2,1-4H3/t10-,11+,12-/m1/s1. The van der Waals surface area contributed by atoms with Gasteiger partial charge in [0, 0.05) is 19.0 Å². The van der Waals surface area contributed by atoms with Crippen LogP contribution < -0.4 is 9.64 Å². The molecule has 0 spiro atoms. The first-order chi connectivity index (χ1) is 15.2. The molecule has 8 nitrogen and oxygen atoms in total. The first-order valence-corrected chi connectivity index (χ1v) is 12.3. The highest BCUT2D eigenvalue weighted by Gasteiger charge is 2.46. The molecule has 0 N–H and O–H groups in total. The molecule has 0 saturated carbocycles. The predicted octanol–water partition coefficient (Wildman–Crippen LogP) is 4.14. The largest absolute Gasteiger partial charge is 0.475 e. The number of piperidine rings is 1. The van der Waals surface area contributed by atoms with Gasteiger partial charge >= 0.3 is 6.09 Å². The van der Waals surface area contributed by atoms with Crippen molar-refractivity contribution in [3.05, 3.63) is 11.0 Å². The molecule has 3 atom stereocenters. The second-order valence-electron chi connectivity index (χ2n) is 9.43. The van der Waals surface area contributed by atoms with Gasteiger partial charge in [-0.1, -0.05) is 23.4 Å². The van der Waals surface area contributed by atoms with Crippen LogP contribution in [0.4, 0.5) is 15.0 Å². The normalized spacial score (nSPS) is 24.6. The summed E-state index contributed by atoms with van der Waals surface area (Å²) in [6.07, 6.45) is 3.36. The third-order valence-electron chi connectivity index (χ3n) is 6.24. The number of amides is 1. The van der Waals surface area contributed by atoms with Crippen molar-refractivity contribution in [2.24, 2.45) is 5.92 Å². The third-order valence-corrected chi connectivity index (χ3v) is 7.04. The van der Waals surface area contributed by atoms with Crippen LogP contribution >= 0.6 is 23.4 Å². The van der Waals surface area contributed by atoms with Crippen molar-refractivity contribution in [3.63, 3.8) is 0 Å². The molecule has 0 aliphatic carbocycles. The van der Waals surface area contributed by atoms with Crippen LogP contribution in [0.5, 0.6) is 5.88 Å². The number of aromatic nitrogens is 3. The van der Waals surface area contributed by atoms with Crippen LogP contribution in [0.15, 0.2) is 5.16 Å². The molecule has 3 saturated heterocycles. The Morgan fingerprint density at radius 3 is 2.75 bits per heavy atom. The molecule has 0 radical (unpaired) electrons. The Hall–Kier alpha value is -2.07. The number of halogens is 2. The smallest absolute Gasteiger partial charge is 0.410 e. The van der Waals surface area contributed by atoms with Gasteiger partial charge in [0.1, 0.15) is 28.9 Å². The maximum absolute atomic E-state index is 14.9. The van der Waals surface area contributed by atoms with Crippen LogP contribution in [-0.4, -0.2) is 69.6 Å². The highest BCUT2D eigenvalue weighted by atomic mass is 35.5. The zero-order valence-electron chi connectivity index (χ0n) is 18.4. The molecule has 11 heteroatoms. The van der Waals surface area contributed by atoms with Gasteiger partial charge < -0.3 is 19.3 Å². The van der Waals surface area contributed by atoms with Gasteiger partial charge in [0.05, 0.1) is 12.1 Å². The van der Waals surface area contributed by atoms with Crippen molar-refractivity contribution < 1.29 is 18.7 Å². The molecule has 1 amide bonds. The Kier molecular flexibility index (Phi) is 5.28. The summed E-state index contributed by atoms with van der Waals surface area (Å²) >= 11 is 7.37. The van der Waals surface area contributed by atoms with Gasteiger partial charge in [0.15, 0.2) is 16.1 Å². The minimum atomic E-state index is -0.681. The molecular formula is C21H25ClFN5O3S. The number of fused-ring (bicyclic) bond motifs is 2. The second kappa shape index (κ2) is 7.76. The molecule has 2 aromatic rings. The van der Waals surface area contributed by atoms with Gasteiger partial charge in [-0.25, -0.2) is 19.2 Å². The first-order valence-electron chi connectivity index (χ1n) is 10.7. The average molecular weight is 482 g/mol. The molecule has 0 unspecified atom stereocenters. The second-order valence-corrected chi connectivity index (χ2v) is 10.6. The first kappa shape index (κ1) is 21.8. The molecule has 0 aromatic carbocycles. The van der Waals surface area contributed by atoms with Gasteiger partial charge in [0.25, 0.3) is 0 Å². The summed E-state index contributed by atoms with van der Waals surface area (Å²) in [7, 11) is 0. The summed E-state index contributed by atoms with van der Waals surface area (Å²) in [4.78, 5) is 30.2. The van der Waals surface area contributed by atoms with Crippen LogP contribution in [0, 0.1) is 11.7 Å². The Morgan fingerprint density at radius 2 is 2.03 bits per heavy atom. The average Bonchev–Trinajstić information content (AvgIpc) is 3.07. The van der Waals surface area contributed by atoms with Crippen LogP contribution in [0.1, 0.15) is 33.6 Å². The lowest BCUT2D eigenvalue weighted by molar-refractivity contribution is 0.00644. The molecule has 3 fully saturated rings. The Bertz CT molecular complexity index is 1100. The minimum absolute atomic E-state index is 0.0412. The molecule has 4 aliphatic rings. The highest BCUT2D eigenvalue weighted by Crippen LogP contribution is 2.43. The SMILES string of the molecule is CSc1nc2c3c(nc(Cl)c(F)c3n1)OC[C@@H]1[C@@H]3CC[C@@H](CN21)N(C(=O)OC(C)(C)C)C3. The number of hydrogen-bond donors (Lipinski definition) is 0. The number of carbonyl (C=O) groups is 1.